The second kappa shape index (κ2) is 9.75. The molecule has 1 aliphatic rings. The highest BCUT2D eigenvalue weighted by molar-refractivity contribution is 6.02. The summed E-state index contributed by atoms with van der Waals surface area (Å²) in [5.74, 6) is -0.363. The van der Waals surface area contributed by atoms with Gasteiger partial charge in [-0.15, -0.1) is 0 Å². The lowest BCUT2D eigenvalue weighted by Crippen LogP contribution is -2.50. The molecule has 8 heteroatoms. The Morgan fingerprint density at radius 2 is 1.91 bits per heavy atom. The molecule has 1 aliphatic carbocycles. The Morgan fingerprint density at radius 1 is 1.21 bits per heavy atom. The highest BCUT2D eigenvalue weighted by Crippen LogP contribution is 2.35. The monoisotopic (exact) mass is 464 g/mol. The van der Waals surface area contributed by atoms with Crippen LogP contribution < -0.4 is 10.6 Å². The van der Waals surface area contributed by atoms with E-state index in [1.165, 1.54) is 7.11 Å². The largest absolute Gasteiger partial charge is 0.465 e. The Labute approximate surface area is 199 Å². The van der Waals surface area contributed by atoms with Gasteiger partial charge in [-0.2, -0.15) is 5.10 Å². The SMILES string of the molecule is COC(=O)c1cc2c(cnn2C)c(NC2CCC(C)(NC(=O)OCc3ccccc3)CC2)c1C. The summed E-state index contributed by atoms with van der Waals surface area (Å²) in [6.45, 7) is 4.25. The molecule has 0 aliphatic heterocycles. The molecule has 34 heavy (non-hydrogen) atoms. The molecule has 0 spiro atoms. The summed E-state index contributed by atoms with van der Waals surface area (Å²) in [6, 6.07) is 11.7. The number of ether oxygens (including phenoxy) is 2. The smallest absolute Gasteiger partial charge is 0.407 e. The van der Waals surface area contributed by atoms with Crippen LogP contribution in [0.3, 0.4) is 0 Å². The van der Waals surface area contributed by atoms with Crippen molar-refractivity contribution in [2.24, 2.45) is 7.05 Å². The number of rotatable bonds is 6. The lowest BCUT2D eigenvalue weighted by Gasteiger charge is -2.38. The van der Waals surface area contributed by atoms with Crippen molar-refractivity contribution >= 4 is 28.7 Å². The first-order valence-corrected chi connectivity index (χ1v) is 11.6. The normalized spacial score (nSPS) is 20.1. The van der Waals surface area contributed by atoms with Gasteiger partial charge in [0.25, 0.3) is 0 Å². The van der Waals surface area contributed by atoms with E-state index in [9.17, 15) is 9.59 Å². The number of anilines is 1. The number of nitrogens with one attached hydrogen (secondary N) is 2. The van der Waals surface area contributed by atoms with Crippen LogP contribution in [0.2, 0.25) is 0 Å². The molecule has 180 valence electrons. The van der Waals surface area contributed by atoms with E-state index in [0.29, 0.717) is 5.56 Å². The molecule has 1 fully saturated rings. The van der Waals surface area contributed by atoms with Crippen LogP contribution in [-0.2, 0) is 23.1 Å². The maximum Gasteiger partial charge on any atom is 0.407 e. The number of methoxy groups -OCH3 is 1. The lowest BCUT2D eigenvalue weighted by molar-refractivity contribution is 0.0600. The molecule has 8 nitrogen and oxygen atoms in total. The zero-order valence-corrected chi connectivity index (χ0v) is 20.2. The molecule has 0 atom stereocenters. The fourth-order valence-corrected chi connectivity index (χ4v) is 4.63. The first-order valence-electron chi connectivity index (χ1n) is 11.6. The zero-order valence-electron chi connectivity index (χ0n) is 20.2. The van der Waals surface area contributed by atoms with Crippen molar-refractivity contribution < 1.29 is 19.1 Å². The van der Waals surface area contributed by atoms with Crippen LogP contribution >= 0.6 is 0 Å². The maximum absolute atomic E-state index is 12.4. The van der Waals surface area contributed by atoms with Crippen molar-refractivity contribution in [1.29, 1.82) is 0 Å². The molecule has 1 amide bonds. The fourth-order valence-electron chi connectivity index (χ4n) is 4.63. The molecule has 0 saturated heterocycles. The number of hydrogen-bond acceptors (Lipinski definition) is 6. The number of fused-ring (bicyclic) bond motifs is 1. The average molecular weight is 465 g/mol. The zero-order chi connectivity index (χ0) is 24.3. The van der Waals surface area contributed by atoms with Crippen LogP contribution in [0.15, 0.2) is 42.6 Å². The summed E-state index contributed by atoms with van der Waals surface area (Å²) in [6.07, 6.45) is 4.81. The van der Waals surface area contributed by atoms with E-state index in [4.69, 9.17) is 9.47 Å². The third-order valence-electron chi connectivity index (χ3n) is 6.77. The Morgan fingerprint density at radius 3 is 2.59 bits per heavy atom. The van der Waals surface area contributed by atoms with E-state index in [1.807, 2.05) is 56.6 Å². The van der Waals surface area contributed by atoms with Gasteiger partial charge in [-0.1, -0.05) is 30.3 Å². The number of hydrogen-bond donors (Lipinski definition) is 2. The van der Waals surface area contributed by atoms with Gasteiger partial charge in [0.1, 0.15) is 6.61 Å². The van der Waals surface area contributed by atoms with Gasteiger partial charge in [-0.25, -0.2) is 9.59 Å². The minimum Gasteiger partial charge on any atom is -0.465 e. The Hall–Kier alpha value is -3.55. The van der Waals surface area contributed by atoms with Gasteiger partial charge in [0.05, 0.1) is 24.4 Å². The second-order valence-electron chi connectivity index (χ2n) is 9.28. The van der Waals surface area contributed by atoms with Crippen LogP contribution in [0.25, 0.3) is 10.9 Å². The predicted octanol–water partition coefficient (Wildman–Crippen LogP) is 4.71. The molecule has 0 unspecified atom stereocenters. The predicted molar refractivity (Wildman–Crippen MR) is 131 cm³/mol. The van der Waals surface area contributed by atoms with Crippen molar-refractivity contribution in [3.63, 3.8) is 0 Å². The number of alkyl carbamates (subject to hydrolysis) is 1. The van der Waals surface area contributed by atoms with E-state index in [1.54, 1.807) is 4.68 Å². The van der Waals surface area contributed by atoms with Gasteiger partial charge >= 0.3 is 12.1 Å². The summed E-state index contributed by atoms with van der Waals surface area (Å²) in [5.41, 5.74) is 3.81. The molecular weight excluding hydrogens is 432 g/mol. The molecule has 3 aromatic rings. The van der Waals surface area contributed by atoms with Gasteiger partial charge in [0.15, 0.2) is 0 Å². The van der Waals surface area contributed by atoms with Gasteiger partial charge in [0.2, 0.25) is 0 Å². The van der Waals surface area contributed by atoms with E-state index in [-0.39, 0.29) is 24.2 Å². The minimum atomic E-state index is -0.392. The molecule has 2 N–H and O–H groups in total. The Balaban J connectivity index is 1.40. The summed E-state index contributed by atoms with van der Waals surface area (Å²) >= 11 is 0. The minimum absolute atomic E-state index is 0.213. The van der Waals surface area contributed by atoms with E-state index in [2.05, 4.69) is 22.7 Å². The number of carbonyl (C=O) groups is 2. The third-order valence-corrected chi connectivity index (χ3v) is 6.77. The fraction of sp³-hybridized carbons (Fsp3) is 0.423. The summed E-state index contributed by atoms with van der Waals surface area (Å²) in [5, 5.41) is 12.1. The van der Waals surface area contributed by atoms with Crippen molar-refractivity contribution in [1.82, 2.24) is 15.1 Å². The lowest BCUT2D eigenvalue weighted by atomic mass is 9.80. The second-order valence-corrected chi connectivity index (χ2v) is 9.28. The molecule has 1 saturated carbocycles. The number of esters is 1. The Kier molecular flexibility index (Phi) is 6.77. The molecule has 1 aromatic heterocycles. The van der Waals surface area contributed by atoms with E-state index >= 15 is 0 Å². The first kappa shape index (κ1) is 23.6. The third kappa shape index (κ3) is 5.00. The van der Waals surface area contributed by atoms with Crippen LogP contribution in [0.5, 0.6) is 0 Å². The number of nitrogens with zero attached hydrogens (tertiary/aromatic N) is 2. The number of aryl methyl sites for hydroxylation is 1. The topological polar surface area (TPSA) is 94.5 Å². The van der Waals surface area contributed by atoms with Crippen LogP contribution in [0.4, 0.5) is 10.5 Å². The maximum atomic E-state index is 12.4. The quantitative estimate of drug-likeness (QED) is 0.513. The number of amides is 1. The van der Waals surface area contributed by atoms with Crippen molar-refractivity contribution in [2.75, 3.05) is 12.4 Å². The average Bonchev–Trinajstić information content (AvgIpc) is 3.21. The van der Waals surface area contributed by atoms with Crippen LogP contribution in [0, 0.1) is 6.92 Å². The molecule has 1 heterocycles. The number of aromatic nitrogens is 2. The van der Waals surface area contributed by atoms with Crippen LogP contribution in [-0.4, -0.2) is 40.5 Å². The van der Waals surface area contributed by atoms with Gasteiger partial charge in [-0.3, -0.25) is 4.68 Å². The Bertz CT molecular complexity index is 1180. The van der Waals surface area contributed by atoms with Crippen molar-refractivity contribution in [3.05, 3.63) is 59.3 Å². The summed E-state index contributed by atoms with van der Waals surface area (Å²) in [4.78, 5) is 24.7. The van der Waals surface area contributed by atoms with Crippen molar-refractivity contribution in [2.45, 2.75) is 57.7 Å². The number of benzene rings is 2. The molecule has 2 aromatic carbocycles. The molecule has 4 rings (SSSR count). The van der Waals surface area contributed by atoms with Crippen LogP contribution in [0.1, 0.15) is 54.1 Å². The highest BCUT2D eigenvalue weighted by Gasteiger charge is 2.33. The van der Waals surface area contributed by atoms with Crippen molar-refractivity contribution in [3.8, 4) is 0 Å². The first-order chi connectivity index (χ1) is 16.3. The molecule has 0 radical (unpaired) electrons. The van der Waals surface area contributed by atoms with E-state index in [0.717, 1.165) is 53.4 Å². The van der Waals surface area contributed by atoms with Gasteiger partial charge in [0, 0.05) is 29.7 Å². The molecular formula is C26H32N4O4. The highest BCUT2D eigenvalue weighted by atomic mass is 16.5. The number of carbonyl (C=O) groups excluding carboxylic acids is 2. The van der Waals surface area contributed by atoms with Gasteiger partial charge in [-0.05, 0) is 56.7 Å². The summed E-state index contributed by atoms with van der Waals surface area (Å²) in [7, 11) is 3.25. The standard InChI is InChI=1S/C26H32N4O4/c1-17-20(24(31)33-4)14-22-21(15-27-30(22)3)23(17)28-19-10-12-26(2,13-11-19)29-25(32)34-16-18-8-6-5-7-9-18/h5-9,14-15,19,28H,10-13,16H2,1-4H3,(H,29,32). The molecule has 0 bridgehead atoms. The van der Waals surface area contributed by atoms with E-state index < -0.39 is 6.09 Å². The van der Waals surface area contributed by atoms with Gasteiger partial charge < -0.3 is 20.1 Å². The summed E-state index contributed by atoms with van der Waals surface area (Å²) < 4.78 is 12.2.